The number of amidine groups is 1. The number of nitrogens with one attached hydrogen (secondary N) is 2. The van der Waals surface area contributed by atoms with Gasteiger partial charge in [0.1, 0.15) is 5.25 Å². The summed E-state index contributed by atoms with van der Waals surface area (Å²) in [5.41, 5.74) is 1.64. The number of phenols is 3. The van der Waals surface area contributed by atoms with Crippen LogP contribution >= 0.6 is 11.8 Å². The van der Waals surface area contributed by atoms with Crippen LogP contribution in [-0.2, 0) is 9.59 Å². The van der Waals surface area contributed by atoms with E-state index >= 15 is 0 Å². The third-order valence-electron chi connectivity index (χ3n) is 5.22. The zero-order valence-electron chi connectivity index (χ0n) is 18.7. The van der Waals surface area contributed by atoms with E-state index in [-0.39, 0.29) is 29.0 Å². The van der Waals surface area contributed by atoms with Gasteiger partial charge in [-0.25, -0.2) is 0 Å². The molecular formula is C23H27N5O5S. The number of aromatic hydroxyl groups is 3. The summed E-state index contributed by atoms with van der Waals surface area (Å²) in [6.07, 6.45) is 8.84. The summed E-state index contributed by atoms with van der Waals surface area (Å²) < 4.78 is 0. The molecule has 10 nitrogen and oxygen atoms in total. The lowest BCUT2D eigenvalue weighted by molar-refractivity contribution is -0.124. The van der Waals surface area contributed by atoms with E-state index in [9.17, 15) is 24.9 Å². The van der Waals surface area contributed by atoms with Crippen LogP contribution in [0.1, 0.15) is 31.7 Å². The maximum Gasteiger partial charge on any atom is 0.240 e. The quantitative estimate of drug-likeness (QED) is 0.164. The van der Waals surface area contributed by atoms with E-state index in [1.165, 1.54) is 12.1 Å². The van der Waals surface area contributed by atoms with E-state index in [2.05, 4.69) is 32.3 Å². The molecule has 0 aliphatic carbocycles. The van der Waals surface area contributed by atoms with Crippen molar-refractivity contribution in [1.82, 2.24) is 15.5 Å². The first kappa shape index (κ1) is 24.9. The van der Waals surface area contributed by atoms with E-state index < -0.39 is 22.5 Å². The predicted molar refractivity (Wildman–Crippen MR) is 132 cm³/mol. The Balaban J connectivity index is 1.53. The van der Waals surface area contributed by atoms with Gasteiger partial charge >= 0.3 is 0 Å². The Hall–Kier alpha value is -3.73. The van der Waals surface area contributed by atoms with E-state index in [4.69, 9.17) is 0 Å². The molecule has 1 aromatic rings. The minimum absolute atomic E-state index is 0.0515. The van der Waals surface area contributed by atoms with Crippen molar-refractivity contribution in [1.29, 1.82) is 0 Å². The molecule has 2 aliphatic heterocycles. The molecule has 1 atom stereocenters. The zero-order valence-corrected chi connectivity index (χ0v) is 19.5. The lowest BCUT2D eigenvalue weighted by Gasteiger charge is -2.17. The van der Waals surface area contributed by atoms with Gasteiger partial charge in [-0.2, -0.15) is 5.10 Å². The van der Waals surface area contributed by atoms with Crippen molar-refractivity contribution in [3.05, 3.63) is 53.9 Å². The number of thioether (sulfide) groups is 1. The molecule has 11 heteroatoms. The van der Waals surface area contributed by atoms with Gasteiger partial charge < -0.3 is 30.9 Å². The van der Waals surface area contributed by atoms with Gasteiger partial charge in [-0.15, -0.1) is 5.10 Å². The summed E-state index contributed by atoms with van der Waals surface area (Å²) in [6, 6.07) is 2.54. The molecule has 0 aromatic heterocycles. The molecule has 3 rings (SSSR count). The number of rotatable bonds is 8. The Labute approximate surface area is 201 Å². The molecule has 0 saturated carbocycles. The highest BCUT2D eigenvalue weighted by molar-refractivity contribution is 8.15. The minimum Gasteiger partial charge on any atom is -0.504 e. The number of nitrogens with zero attached hydrogens (tertiary/aromatic N) is 3. The van der Waals surface area contributed by atoms with Crippen LogP contribution in [0.3, 0.4) is 0 Å². The Morgan fingerprint density at radius 2 is 2.00 bits per heavy atom. The van der Waals surface area contributed by atoms with Crippen LogP contribution in [0.15, 0.2) is 58.5 Å². The average molecular weight is 486 g/mol. The molecule has 0 bridgehead atoms. The van der Waals surface area contributed by atoms with Crippen LogP contribution in [0.4, 0.5) is 0 Å². The topological polar surface area (TPSA) is 147 Å². The fourth-order valence-corrected chi connectivity index (χ4v) is 4.23. The number of benzene rings is 1. The van der Waals surface area contributed by atoms with Gasteiger partial charge in [-0.05, 0) is 44.1 Å². The van der Waals surface area contributed by atoms with Crippen molar-refractivity contribution in [2.75, 3.05) is 13.1 Å². The molecular weight excluding hydrogens is 458 g/mol. The predicted octanol–water partition coefficient (Wildman–Crippen LogP) is 2.30. The largest absolute Gasteiger partial charge is 0.504 e. The minimum atomic E-state index is -0.665. The summed E-state index contributed by atoms with van der Waals surface area (Å²) in [4.78, 5) is 26.9. The number of likely N-dealkylation sites (tertiary alicyclic amines) is 1. The van der Waals surface area contributed by atoms with Crippen LogP contribution in [0.25, 0.3) is 0 Å². The molecule has 180 valence electrons. The maximum atomic E-state index is 12.5. The standard InChI is InChI=1S/C23H27N5O5S/c1-3-16(8-6-14(2)28-10-4-5-11-28)25-19(30)12-18-22(33)26-23(34-18)27-24-13-15-7-9-17(29)21(32)20(15)31/h3,6-9,13,18,29,31-32H,2,4-5,10-12H2,1H3,(H,25,30)(H,26,27,33)/b8-6-,16-3+,24-13+. The van der Waals surface area contributed by atoms with E-state index in [0.29, 0.717) is 5.70 Å². The Kier molecular flexibility index (Phi) is 8.36. The molecule has 0 radical (unpaired) electrons. The monoisotopic (exact) mass is 485 g/mol. The average Bonchev–Trinajstić information content (AvgIpc) is 3.47. The molecule has 2 saturated heterocycles. The highest BCUT2D eigenvalue weighted by Gasteiger charge is 2.32. The molecule has 2 fully saturated rings. The van der Waals surface area contributed by atoms with Crippen molar-refractivity contribution in [2.24, 2.45) is 10.2 Å². The number of hydrogen-bond acceptors (Lipinski definition) is 9. The fourth-order valence-electron chi connectivity index (χ4n) is 3.31. The first-order chi connectivity index (χ1) is 16.3. The van der Waals surface area contributed by atoms with Crippen molar-refractivity contribution in [3.63, 3.8) is 0 Å². The lowest BCUT2D eigenvalue weighted by atomic mass is 10.2. The van der Waals surface area contributed by atoms with Gasteiger partial charge in [0.25, 0.3) is 0 Å². The molecule has 2 heterocycles. The summed E-state index contributed by atoms with van der Waals surface area (Å²) in [5.74, 6) is -2.35. The number of carbonyl (C=O) groups excluding carboxylic acids is 2. The van der Waals surface area contributed by atoms with Crippen LogP contribution < -0.4 is 10.6 Å². The number of phenolic OH excluding ortho intramolecular Hbond substituents is 3. The van der Waals surface area contributed by atoms with Gasteiger partial charge in [-0.3, -0.25) is 9.59 Å². The second-order valence-electron chi connectivity index (χ2n) is 7.63. The molecule has 2 amide bonds. The number of hydrogen-bond donors (Lipinski definition) is 5. The smallest absolute Gasteiger partial charge is 0.240 e. The lowest BCUT2D eigenvalue weighted by Crippen LogP contribution is -2.30. The Morgan fingerprint density at radius 3 is 2.71 bits per heavy atom. The maximum absolute atomic E-state index is 12.5. The highest BCUT2D eigenvalue weighted by Crippen LogP contribution is 2.36. The molecule has 34 heavy (non-hydrogen) atoms. The van der Waals surface area contributed by atoms with Crippen LogP contribution in [0.5, 0.6) is 17.2 Å². The Morgan fingerprint density at radius 1 is 1.26 bits per heavy atom. The van der Waals surface area contributed by atoms with E-state index in [1.54, 1.807) is 12.2 Å². The summed E-state index contributed by atoms with van der Waals surface area (Å²) in [6.45, 7) is 7.85. The highest BCUT2D eigenvalue weighted by atomic mass is 32.2. The van der Waals surface area contributed by atoms with Gasteiger partial charge in [-0.1, -0.05) is 24.4 Å². The third kappa shape index (κ3) is 6.41. The SMILES string of the molecule is C=C(/C=C\C(=C/C)NC(=O)CC1S/C(=N/N=C/c2ccc(O)c(O)c2O)NC1=O)N1CCCC1. The summed E-state index contributed by atoms with van der Waals surface area (Å²) >= 11 is 1.07. The second kappa shape index (κ2) is 11.4. The normalized spacial score (nSPS) is 20.0. The second-order valence-corrected chi connectivity index (χ2v) is 8.82. The first-order valence-corrected chi connectivity index (χ1v) is 11.6. The van der Waals surface area contributed by atoms with Gasteiger partial charge in [0, 0.05) is 36.5 Å². The third-order valence-corrected chi connectivity index (χ3v) is 6.29. The van der Waals surface area contributed by atoms with Crippen molar-refractivity contribution in [3.8, 4) is 17.2 Å². The first-order valence-electron chi connectivity index (χ1n) is 10.7. The molecule has 2 aliphatic rings. The fraction of sp³-hybridized carbons (Fsp3) is 0.304. The molecule has 1 unspecified atom stereocenters. The van der Waals surface area contributed by atoms with Crippen LogP contribution in [0, 0.1) is 0 Å². The number of carbonyl (C=O) groups is 2. The van der Waals surface area contributed by atoms with Gasteiger partial charge in [0.05, 0.1) is 6.21 Å². The molecule has 0 spiro atoms. The molecule has 5 N–H and O–H groups in total. The Bertz CT molecular complexity index is 1090. The van der Waals surface area contributed by atoms with Crippen LogP contribution in [-0.4, -0.2) is 61.8 Å². The number of allylic oxidation sites excluding steroid dienone is 3. The van der Waals surface area contributed by atoms with Crippen molar-refractivity contribution < 1.29 is 24.9 Å². The van der Waals surface area contributed by atoms with Crippen molar-refractivity contribution >= 4 is 35.0 Å². The number of amides is 2. The van der Waals surface area contributed by atoms with Crippen LogP contribution in [0.2, 0.25) is 0 Å². The van der Waals surface area contributed by atoms with Gasteiger partial charge in [0.15, 0.2) is 16.7 Å². The van der Waals surface area contributed by atoms with Gasteiger partial charge in [0.2, 0.25) is 17.6 Å². The van der Waals surface area contributed by atoms with E-state index in [1.807, 2.05) is 13.0 Å². The summed E-state index contributed by atoms with van der Waals surface area (Å²) in [5, 5.41) is 41.2. The molecule has 1 aromatic carbocycles. The summed E-state index contributed by atoms with van der Waals surface area (Å²) in [7, 11) is 0. The van der Waals surface area contributed by atoms with E-state index in [0.717, 1.165) is 49.6 Å². The van der Waals surface area contributed by atoms with Crippen molar-refractivity contribution in [2.45, 2.75) is 31.4 Å². The zero-order chi connectivity index (χ0) is 24.7.